The Morgan fingerprint density at radius 1 is 1.11 bits per heavy atom. The van der Waals surface area contributed by atoms with Crippen LogP contribution in [0.3, 0.4) is 0 Å². The molecule has 0 aliphatic heterocycles. The van der Waals surface area contributed by atoms with E-state index < -0.39 is 11.4 Å². The van der Waals surface area contributed by atoms with Crippen LogP contribution in [0, 0.1) is 0 Å². The Morgan fingerprint density at radius 3 is 1.72 bits per heavy atom. The summed E-state index contributed by atoms with van der Waals surface area (Å²) in [5.74, 6) is -0.551. The van der Waals surface area contributed by atoms with Crippen molar-refractivity contribution in [2.24, 2.45) is 0 Å². The van der Waals surface area contributed by atoms with Crippen molar-refractivity contribution in [3.8, 4) is 0 Å². The van der Waals surface area contributed by atoms with Crippen molar-refractivity contribution in [2.75, 3.05) is 5.75 Å². The lowest BCUT2D eigenvalue weighted by molar-refractivity contribution is -0.141. The van der Waals surface area contributed by atoms with Crippen LogP contribution in [-0.2, 0) is 4.79 Å². The highest BCUT2D eigenvalue weighted by atomic mass is 32.2. The van der Waals surface area contributed by atoms with Gasteiger partial charge in [0, 0.05) is 0 Å². The molecule has 4 heteroatoms. The summed E-state index contributed by atoms with van der Waals surface area (Å²) in [4.78, 5) is 9.82. The van der Waals surface area contributed by atoms with Crippen LogP contribution in [0.4, 0.5) is 0 Å². The lowest BCUT2D eigenvalue weighted by atomic mass is 10.1. The minimum Gasteiger partial charge on any atom is -0.479 e. The number of carboxylic acid groups (broad SMARTS) is 1. The second kappa shape index (κ2) is 7.74. The Balaban J connectivity index is 0.000000187. The second-order valence-corrected chi connectivity index (χ2v) is 4.85. The first kappa shape index (κ1) is 14.5. The summed E-state index contributed by atoms with van der Waals surface area (Å²) in [5.41, 5.74) is -1.25. The Bertz CT molecular complexity index is 434. The molecule has 2 aromatic rings. The van der Waals surface area contributed by atoms with Gasteiger partial charge in [-0.1, -0.05) is 55.5 Å². The fraction of sp³-hybridized carbons (Fsp3) is 0.214. The van der Waals surface area contributed by atoms with Gasteiger partial charge in [-0.2, -0.15) is 0 Å². The smallest absolute Gasteiger partial charge is 0.343 e. The number of rotatable bonds is 3. The predicted octanol–water partition coefficient (Wildman–Crippen LogP) is 2.98. The van der Waals surface area contributed by atoms with Gasteiger partial charge in [-0.3, -0.25) is 0 Å². The Kier molecular flexibility index (Phi) is 6.25. The first-order valence-corrected chi connectivity index (χ1v) is 6.66. The Labute approximate surface area is 110 Å². The topological polar surface area (TPSA) is 57.5 Å². The van der Waals surface area contributed by atoms with Gasteiger partial charge >= 0.3 is 5.97 Å². The quantitative estimate of drug-likeness (QED) is 0.837. The van der Waals surface area contributed by atoms with Crippen LogP contribution in [0.25, 0.3) is 10.8 Å². The molecule has 0 spiro atoms. The molecule has 2 N–H and O–H groups in total. The third kappa shape index (κ3) is 4.77. The molecule has 0 heterocycles. The first-order chi connectivity index (χ1) is 8.65. The van der Waals surface area contributed by atoms with Crippen LogP contribution in [0.1, 0.15) is 6.92 Å². The largest absolute Gasteiger partial charge is 0.479 e. The molecule has 3 nitrogen and oxygen atoms in total. The molecule has 2 aromatic carbocycles. The number of carbonyl (C=O) groups is 1. The number of hydrogen-bond acceptors (Lipinski definition) is 3. The number of aliphatic hydroxyl groups is 1. The number of fused-ring (bicyclic) bond motifs is 1. The number of thioether (sulfide) groups is 1. The first-order valence-electron chi connectivity index (χ1n) is 5.61. The van der Waals surface area contributed by atoms with Gasteiger partial charge in [0.05, 0.1) is 0 Å². The fourth-order valence-corrected chi connectivity index (χ4v) is 1.82. The Hall–Kier alpha value is -1.52. The molecule has 0 aliphatic rings. The number of aliphatic carboxylic acids is 1. The molecule has 0 saturated carbocycles. The third-order valence-corrected chi connectivity index (χ3v) is 3.05. The van der Waals surface area contributed by atoms with Crippen molar-refractivity contribution in [1.29, 1.82) is 0 Å². The lowest BCUT2D eigenvalue weighted by Gasteiger charge is -1.99. The molecule has 0 saturated heterocycles. The van der Waals surface area contributed by atoms with Crippen molar-refractivity contribution in [3.05, 3.63) is 48.5 Å². The average molecular weight is 264 g/mol. The second-order valence-electron chi connectivity index (χ2n) is 3.49. The highest BCUT2D eigenvalue weighted by Gasteiger charge is 2.10. The molecule has 0 aromatic heterocycles. The molecule has 0 bridgehead atoms. The van der Waals surface area contributed by atoms with Crippen LogP contribution in [0.15, 0.2) is 48.5 Å². The van der Waals surface area contributed by atoms with Crippen molar-refractivity contribution in [1.82, 2.24) is 0 Å². The van der Waals surface area contributed by atoms with Gasteiger partial charge in [0.1, 0.15) is 0 Å². The van der Waals surface area contributed by atoms with Crippen LogP contribution in [-0.4, -0.2) is 27.4 Å². The zero-order valence-corrected chi connectivity index (χ0v) is 10.9. The number of benzene rings is 2. The summed E-state index contributed by atoms with van der Waals surface area (Å²) in [6, 6.07) is 16.7. The monoisotopic (exact) mass is 264 g/mol. The number of hydrogen-bond donors (Lipinski definition) is 2. The van der Waals surface area contributed by atoms with Crippen LogP contribution < -0.4 is 0 Å². The molecular weight excluding hydrogens is 248 g/mol. The molecule has 0 amide bonds. The molecule has 1 unspecified atom stereocenters. The van der Waals surface area contributed by atoms with Crippen molar-refractivity contribution in [3.63, 3.8) is 0 Å². The van der Waals surface area contributed by atoms with E-state index >= 15 is 0 Å². The van der Waals surface area contributed by atoms with E-state index in [2.05, 4.69) is 48.5 Å². The highest BCUT2D eigenvalue weighted by molar-refractivity contribution is 8.00. The maximum atomic E-state index is 9.82. The lowest BCUT2D eigenvalue weighted by Crippen LogP contribution is -2.14. The van der Waals surface area contributed by atoms with E-state index in [9.17, 15) is 4.79 Å². The Morgan fingerprint density at radius 2 is 1.50 bits per heavy atom. The van der Waals surface area contributed by atoms with Crippen LogP contribution in [0.5, 0.6) is 0 Å². The highest BCUT2D eigenvalue weighted by Crippen LogP contribution is 2.11. The number of aliphatic hydroxyl groups excluding tert-OH is 1. The van der Waals surface area contributed by atoms with Gasteiger partial charge in [-0.15, -0.1) is 11.8 Å². The van der Waals surface area contributed by atoms with Gasteiger partial charge < -0.3 is 10.2 Å². The molecular formula is C14H16O3S. The van der Waals surface area contributed by atoms with E-state index in [0.29, 0.717) is 5.75 Å². The van der Waals surface area contributed by atoms with Crippen LogP contribution in [0.2, 0.25) is 0 Å². The van der Waals surface area contributed by atoms with E-state index in [1.165, 1.54) is 10.8 Å². The summed E-state index contributed by atoms with van der Waals surface area (Å²) >= 11 is 0.995. The van der Waals surface area contributed by atoms with Gasteiger partial charge in [0.25, 0.3) is 0 Å². The van der Waals surface area contributed by atoms with Gasteiger partial charge in [-0.05, 0) is 16.5 Å². The standard InChI is InChI=1S/C10H8.C4H8O3S/c1-2-6-10-8-4-3-7-9(10)5-1;1-2-8-4(7)3(5)6/h1-8H;4,7H,2H2,1H3,(H,5,6). The van der Waals surface area contributed by atoms with Gasteiger partial charge in [0.15, 0.2) is 5.44 Å². The van der Waals surface area contributed by atoms with E-state index in [0.717, 1.165) is 11.8 Å². The van der Waals surface area contributed by atoms with E-state index in [1.54, 1.807) is 6.92 Å². The average Bonchev–Trinajstić information content (AvgIpc) is 2.40. The molecule has 0 fully saturated rings. The van der Waals surface area contributed by atoms with Crippen molar-refractivity contribution >= 4 is 28.5 Å². The molecule has 1 atom stereocenters. The zero-order valence-electron chi connectivity index (χ0n) is 10.1. The summed E-state index contributed by atoms with van der Waals surface area (Å²) < 4.78 is 0. The van der Waals surface area contributed by atoms with Gasteiger partial charge in [-0.25, -0.2) is 4.79 Å². The third-order valence-electron chi connectivity index (χ3n) is 2.19. The zero-order chi connectivity index (χ0) is 13.4. The summed E-state index contributed by atoms with van der Waals surface area (Å²) in [6.07, 6.45) is 0. The van der Waals surface area contributed by atoms with Gasteiger partial charge in [0.2, 0.25) is 0 Å². The molecule has 96 valence electrons. The summed E-state index contributed by atoms with van der Waals surface area (Å²) in [7, 11) is 0. The SMILES string of the molecule is CCSC(O)C(=O)O.c1ccc2ccccc2c1. The molecule has 0 aliphatic carbocycles. The maximum absolute atomic E-state index is 9.82. The van der Waals surface area contributed by atoms with E-state index in [4.69, 9.17) is 10.2 Å². The van der Waals surface area contributed by atoms with E-state index in [1.807, 2.05) is 0 Å². The van der Waals surface area contributed by atoms with Crippen molar-refractivity contribution < 1.29 is 15.0 Å². The minimum atomic E-state index is -1.25. The fourth-order valence-electron chi connectivity index (χ4n) is 1.36. The summed E-state index contributed by atoms with van der Waals surface area (Å²) in [5, 5.41) is 19.2. The predicted molar refractivity (Wildman–Crippen MR) is 75.7 cm³/mol. The van der Waals surface area contributed by atoms with E-state index in [-0.39, 0.29) is 0 Å². The minimum absolute atomic E-state index is 0.619. The maximum Gasteiger partial charge on any atom is 0.343 e. The normalized spacial score (nSPS) is 11.4. The molecule has 18 heavy (non-hydrogen) atoms. The van der Waals surface area contributed by atoms with Crippen LogP contribution >= 0.6 is 11.8 Å². The number of carboxylic acids is 1. The van der Waals surface area contributed by atoms with Crippen molar-refractivity contribution in [2.45, 2.75) is 12.4 Å². The molecule has 2 rings (SSSR count). The summed E-state index contributed by atoms with van der Waals surface area (Å²) in [6.45, 7) is 1.79. The molecule has 0 radical (unpaired) electrons.